The van der Waals surface area contributed by atoms with Crippen molar-refractivity contribution in [3.05, 3.63) is 45.0 Å². The molecule has 5 heteroatoms. The first-order valence-corrected chi connectivity index (χ1v) is 9.08. The van der Waals surface area contributed by atoms with E-state index < -0.39 is 0 Å². The molecule has 0 amide bonds. The Bertz CT molecular complexity index is 689. The Hall–Kier alpha value is -1.00. The van der Waals surface area contributed by atoms with Gasteiger partial charge in [0.15, 0.2) is 11.5 Å². The molecule has 0 spiro atoms. The van der Waals surface area contributed by atoms with E-state index in [9.17, 15) is 0 Å². The molecule has 2 unspecified atom stereocenters. The molecule has 0 aliphatic carbocycles. The summed E-state index contributed by atoms with van der Waals surface area (Å²) in [5, 5.41) is 1.38. The lowest BCUT2D eigenvalue weighted by molar-refractivity contribution is 0.174. The van der Waals surface area contributed by atoms with Crippen LogP contribution in [0.1, 0.15) is 11.1 Å². The molecular weight excluding hydrogens is 396 g/mol. The fourth-order valence-corrected chi connectivity index (χ4v) is 5.62. The Morgan fingerprint density at radius 1 is 1.19 bits per heavy atom. The van der Waals surface area contributed by atoms with Crippen molar-refractivity contribution in [1.29, 1.82) is 0 Å². The Morgan fingerprint density at radius 3 is 2.90 bits per heavy atom. The van der Waals surface area contributed by atoms with Gasteiger partial charge in [-0.15, -0.1) is 0 Å². The zero-order valence-corrected chi connectivity index (χ0v) is 14.5. The number of rotatable bonds is 2. The van der Waals surface area contributed by atoms with Gasteiger partial charge in [-0.05, 0) is 76.5 Å². The average molecular weight is 411 g/mol. The van der Waals surface area contributed by atoms with Crippen LogP contribution in [0, 0.1) is 3.57 Å². The fourth-order valence-electron chi connectivity index (χ4n) is 2.99. The van der Waals surface area contributed by atoms with Gasteiger partial charge in [-0.25, -0.2) is 0 Å². The molecule has 108 valence electrons. The number of ether oxygens (including phenoxy) is 2. The van der Waals surface area contributed by atoms with Crippen molar-refractivity contribution in [3.63, 3.8) is 0 Å². The predicted octanol–water partition coefficient (Wildman–Crippen LogP) is 3.07. The third-order valence-corrected chi connectivity index (χ3v) is 6.71. The van der Waals surface area contributed by atoms with Crippen molar-refractivity contribution in [2.45, 2.75) is 18.5 Å². The first-order valence-electron chi connectivity index (χ1n) is 6.92. The maximum absolute atomic E-state index is 6.14. The molecule has 2 heterocycles. The monoisotopic (exact) mass is 411 g/mol. The third-order valence-electron chi connectivity index (χ3n) is 4.01. The quantitative estimate of drug-likeness (QED) is 0.470. The van der Waals surface area contributed by atoms with Gasteiger partial charge in [0.1, 0.15) is 0 Å². The van der Waals surface area contributed by atoms with Gasteiger partial charge in [0, 0.05) is 14.6 Å². The van der Waals surface area contributed by atoms with Crippen LogP contribution in [-0.4, -0.2) is 12.5 Å². The molecule has 0 saturated carbocycles. The zero-order chi connectivity index (χ0) is 14.4. The number of nitrogens with two attached hydrogens (primary N) is 1. The summed E-state index contributed by atoms with van der Waals surface area (Å²) >= 11 is 2.42. The van der Waals surface area contributed by atoms with Gasteiger partial charge in [-0.3, -0.25) is 0 Å². The lowest BCUT2D eigenvalue weighted by Crippen LogP contribution is -2.06. The second-order valence-electron chi connectivity index (χ2n) is 5.43. The SMILES string of the molecule is Nc1ccc(I)c2c1PC(Cc1ccc3c(c1)OCO3)C2. The highest BCUT2D eigenvalue weighted by molar-refractivity contribution is 14.1. The summed E-state index contributed by atoms with van der Waals surface area (Å²) < 4.78 is 12.2. The van der Waals surface area contributed by atoms with Crippen molar-refractivity contribution >= 4 is 42.2 Å². The van der Waals surface area contributed by atoms with Crippen molar-refractivity contribution in [2.24, 2.45) is 0 Å². The summed E-state index contributed by atoms with van der Waals surface area (Å²) in [5.74, 6) is 1.73. The van der Waals surface area contributed by atoms with Crippen LogP contribution < -0.4 is 20.5 Å². The van der Waals surface area contributed by atoms with E-state index in [2.05, 4.69) is 40.8 Å². The van der Waals surface area contributed by atoms with Crippen LogP contribution in [0.2, 0.25) is 0 Å². The molecule has 21 heavy (non-hydrogen) atoms. The van der Waals surface area contributed by atoms with Crippen LogP contribution in [-0.2, 0) is 12.8 Å². The van der Waals surface area contributed by atoms with Gasteiger partial charge < -0.3 is 15.2 Å². The number of fused-ring (bicyclic) bond motifs is 2. The molecule has 2 aliphatic heterocycles. The van der Waals surface area contributed by atoms with Gasteiger partial charge in [-0.1, -0.05) is 14.6 Å². The van der Waals surface area contributed by atoms with Gasteiger partial charge >= 0.3 is 0 Å². The Kier molecular flexibility index (Phi) is 3.46. The number of hydrogen-bond acceptors (Lipinski definition) is 3. The molecule has 4 rings (SSSR count). The molecular formula is C16H15INO2P. The van der Waals surface area contributed by atoms with Gasteiger partial charge in [0.25, 0.3) is 0 Å². The highest BCUT2D eigenvalue weighted by Gasteiger charge is 2.26. The van der Waals surface area contributed by atoms with Crippen molar-refractivity contribution < 1.29 is 9.47 Å². The summed E-state index contributed by atoms with van der Waals surface area (Å²) in [6.07, 6.45) is 2.20. The highest BCUT2D eigenvalue weighted by atomic mass is 127. The predicted molar refractivity (Wildman–Crippen MR) is 95.3 cm³/mol. The van der Waals surface area contributed by atoms with Gasteiger partial charge in [-0.2, -0.15) is 0 Å². The second kappa shape index (κ2) is 5.33. The Labute approximate surface area is 139 Å². The molecule has 2 aromatic carbocycles. The molecule has 0 radical (unpaired) electrons. The first kappa shape index (κ1) is 13.6. The molecule has 2 N–H and O–H groups in total. The molecule has 0 saturated heterocycles. The lowest BCUT2D eigenvalue weighted by atomic mass is 10.0. The van der Waals surface area contributed by atoms with E-state index in [1.165, 1.54) is 20.0 Å². The standard InChI is InChI=1S/C16H15INO2P/c17-12-2-3-13(18)16-11(12)7-10(21-16)5-9-1-4-14-15(6-9)20-8-19-14/h1-4,6,10,21H,5,7-8,18H2. The zero-order valence-electron chi connectivity index (χ0n) is 11.4. The maximum atomic E-state index is 6.14. The highest BCUT2D eigenvalue weighted by Crippen LogP contribution is 2.39. The Balaban J connectivity index is 1.55. The molecule has 2 aliphatic rings. The molecule has 0 aromatic heterocycles. The van der Waals surface area contributed by atoms with Crippen LogP contribution in [0.5, 0.6) is 11.5 Å². The molecule has 2 aromatic rings. The number of halogens is 1. The number of anilines is 1. The van der Waals surface area contributed by atoms with Crippen LogP contribution in [0.15, 0.2) is 30.3 Å². The maximum Gasteiger partial charge on any atom is 0.231 e. The first-order chi connectivity index (χ1) is 10.2. The van der Waals surface area contributed by atoms with E-state index in [0.29, 0.717) is 12.5 Å². The number of nitrogen functional groups attached to an aromatic ring is 1. The van der Waals surface area contributed by atoms with Crippen LogP contribution in [0.4, 0.5) is 5.69 Å². The van der Waals surface area contributed by atoms with E-state index in [0.717, 1.165) is 38.6 Å². The Morgan fingerprint density at radius 2 is 2.05 bits per heavy atom. The largest absolute Gasteiger partial charge is 0.454 e. The van der Waals surface area contributed by atoms with E-state index in [1.54, 1.807) is 0 Å². The van der Waals surface area contributed by atoms with E-state index in [-0.39, 0.29) is 0 Å². The van der Waals surface area contributed by atoms with Crippen LogP contribution in [0.25, 0.3) is 0 Å². The number of hydrogen-bond donors (Lipinski definition) is 1. The minimum Gasteiger partial charge on any atom is -0.454 e. The topological polar surface area (TPSA) is 44.5 Å². The summed E-state index contributed by atoms with van der Waals surface area (Å²) in [4.78, 5) is 0. The van der Waals surface area contributed by atoms with Crippen molar-refractivity contribution in [1.82, 2.24) is 0 Å². The second-order valence-corrected chi connectivity index (χ2v) is 8.19. The smallest absolute Gasteiger partial charge is 0.231 e. The van der Waals surface area contributed by atoms with E-state index >= 15 is 0 Å². The molecule has 3 nitrogen and oxygen atoms in total. The van der Waals surface area contributed by atoms with Crippen LogP contribution >= 0.6 is 31.2 Å². The third kappa shape index (κ3) is 2.49. The summed E-state index contributed by atoms with van der Waals surface area (Å²) in [7, 11) is 0.800. The van der Waals surface area contributed by atoms with Gasteiger partial charge in [0.2, 0.25) is 6.79 Å². The molecule has 2 atom stereocenters. The van der Waals surface area contributed by atoms with E-state index in [4.69, 9.17) is 15.2 Å². The fraction of sp³-hybridized carbons (Fsp3) is 0.250. The van der Waals surface area contributed by atoms with Crippen LogP contribution in [0.3, 0.4) is 0 Å². The van der Waals surface area contributed by atoms with E-state index in [1.807, 2.05) is 12.1 Å². The lowest BCUT2D eigenvalue weighted by Gasteiger charge is -2.09. The number of benzene rings is 2. The summed E-state index contributed by atoms with van der Waals surface area (Å²) in [6.45, 7) is 0.337. The molecule has 0 bridgehead atoms. The molecule has 0 fully saturated rings. The minimum atomic E-state index is 0.337. The summed E-state index contributed by atoms with van der Waals surface area (Å²) in [5.41, 5.74) is 10.5. The normalized spacial score (nSPS) is 20.0. The minimum absolute atomic E-state index is 0.337. The average Bonchev–Trinajstić information content (AvgIpc) is 3.09. The summed E-state index contributed by atoms with van der Waals surface area (Å²) in [6, 6.07) is 10.4. The van der Waals surface area contributed by atoms with Crippen molar-refractivity contribution in [2.75, 3.05) is 12.5 Å². The van der Waals surface area contributed by atoms with Gasteiger partial charge in [0.05, 0.1) is 0 Å². The van der Waals surface area contributed by atoms with Crippen molar-refractivity contribution in [3.8, 4) is 11.5 Å².